The van der Waals surface area contributed by atoms with Gasteiger partial charge >= 0.3 is 5.97 Å². The zero-order chi connectivity index (χ0) is 22.1. The van der Waals surface area contributed by atoms with Gasteiger partial charge in [-0.05, 0) is 34.9 Å². The smallest absolute Gasteiger partial charge is 0.328 e. The maximum atomic E-state index is 12.9. The van der Waals surface area contributed by atoms with E-state index in [2.05, 4.69) is 10.6 Å². The number of aliphatic carboxylic acids is 1. The van der Waals surface area contributed by atoms with Gasteiger partial charge in [0.1, 0.15) is 6.04 Å². The number of benzene rings is 3. The number of hydrogen-bond acceptors (Lipinski definition) is 3. The van der Waals surface area contributed by atoms with E-state index in [1.165, 1.54) is 6.08 Å². The number of amides is 2. The van der Waals surface area contributed by atoms with Crippen LogP contribution in [0.25, 0.3) is 6.08 Å². The normalized spacial score (nSPS) is 11.6. The van der Waals surface area contributed by atoms with Gasteiger partial charge in [0.2, 0.25) is 5.91 Å². The summed E-state index contributed by atoms with van der Waals surface area (Å²) in [7, 11) is 0. The Hall–Kier alpha value is -4.19. The van der Waals surface area contributed by atoms with Gasteiger partial charge in [0.25, 0.3) is 5.91 Å². The first-order chi connectivity index (χ1) is 15.0. The molecule has 1 unspecified atom stereocenters. The fraction of sp³-hybridized carbons (Fsp3) is 0.0800. The number of rotatable bonds is 8. The summed E-state index contributed by atoms with van der Waals surface area (Å²) in [6.07, 6.45) is 2.46. The molecule has 2 amide bonds. The SMILES string of the molecule is O=C(O)/C=C/c1ccc(C(=O)NC(C(=O)NCc2ccccc2)c2ccccc2)cc1. The van der Waals surface area contributed by atoms with E-state index in [1.807, 2.05) is 48.5 Å². The minimum absolute atomic E-state index is 0.315. The molecule has 3 aromatic rings. The van der Waals surface area contributed by atoms with Gasteiger partial charge in [-0.3, -0.25) is 9.59 Å². The summed E-state index contributed by atoms with van der Waals surface area (Å²) in [5.74, 6) is -1.77. The van der Waals surface area contributed by atoms with Gasteiger partial charge in [0.05, 0.1) is 0 Å². The summed E-state index contributed by atoms with van der Waals surface area (Å²) in [4.78, 5) is 36.3. The lowest BCUT2D eigenvalue weighted by atomic mass is 10.0. The summed E-state index contributed by atoms with van der Waals surface area (Å²) in [6, 6.07) is 24.1. The second-order valence-corrected chi connectivity index (χ2v) is 6.81. The number of nitrogens with one attached hydrogen (secondary N) is 2. The number of carboxylic acids is 1. The van der Waals surface area contributed by atoms with Crippen molar-refractivity contribution in [2.45, 2.75) is 12.6 Å². The fourth-order valence-corrected chi connectivity index (χ4v) is 2.96. The molecule has 6 nitrogen and oxygen atoms in total. The van der Waals surface area contributed by atoms with E-state index in [0.29, 0.717) is 23.2 Å². The molecule has 0 saturated carbocycles. The predicted octanol–water partition coefficient (Wildman–Crippen LogP) is 3.57. The van der Waals surface area contributed by atoms with Crippen LogP contribution in [0.5, 0.6) is 0 Å². The molecule has 3 N–H and O–H groups in total. The van der Waals surface area contributed by atoms with Gasteiger partial charge in [-0.15, -0.1) is 0 Å². The van der Waals surface area contributed by atoms with Gasteiger partial charge in [-0.1, -0.05) is 72.8 Å². The molecule has 0 bridgehead atoms. The van der Waals surface area contributed by atoms with E-state index in [-0.39, 0.29) is 5.91 Å². The Bertz CT molecular complexity index is 1060. The summed E-state index contributed by atoms with van der Waals surface area (Å²) in [5.41, 5.74) is 2.64. The second-order valence-electron chi connectivity index (χ2n) is 6.81. The molecule has 0 radical (unpaired) electrons. The number of carboxylic acid groups (broad SMARTS) is 1. The van der Waals surface area contributed by atoms with Crippen LogP contribution in [0.2, 0.25) is 0 Å². The van der Waals surface area contributed by atoms with Gasteiger partial charge in [0, 0.05) is 18.2 Å². The standard InChI is InChI=1S/C25H22N2O4/c28-22(29)16-13-18-11-14-21(15-12-18)24(30)27-23(20-9-5-2-6-10-20)25(31)26-17-19-7-3-1-4-8-19/h1-16,23H,17H2,(H,26,31)(H,27,30)(H,28,29)/b16-13+. The van der Waals surface area contributed by atoms with E-state index >= 15 is 0 Å². The molecule has 0 fully saturated rings. The van der Waals surface area contributed by atoms with Crippen molar-refractivity contribution < 1.29 is 19.5 Å². The van der Waals surface area contributed by atoms with Crippen molar-refractivity contribution in [3.8, 4) is 0 Å². The Labute approximate surface area is 180 Å². The van der Waals surface area contributed by atoms with Gasteiger partial charge in [-0.2, -0.15) is 0 Å². The highest BCUT2D eigenvalue weighted by Gasteiger charge is 2.23. The number of carbonyl (C=O) groups excluding carboxylic acids is 2. The predicted molar refractivity (Wildman–Crippen MR) is 118 cm³/mol. The summed E-state index contributed by atoms with van der Waals surface area (Å²) in [5, 5.41) is 14.4. The Morgan fingerprint density at radius 3 is 2.06 bits per heavy atom. The minimum Gasteiger partial charge on any atom is -0.478 e. The lowest BCUT2D eigenvalue weighted by Gasteiger charge is -2.19. The Balaban J connectivity index is 1.73. The maximum absolute atomic E-state index is 12.9. The summed E-state index contributed by atoms with van der Waals surface area (Å²) < 4.78 is 0. The van der Waals surface area contributed by atoms with E-state index in [0.717, 1.165) is 11.6 Å². The molecule has 1 atom stereocenters. The maximum Gasteiger partial charge on any atom is 0.328 e. The van der Waals surface area contributed by atoms with E-state index in [4.69, 9.17) is 5.11 Å². The Morgan fingerprint density at radius 1 is 0.839 bits per heavy atom. The van der Waals surface area contributed by atoms with Crippen molar-refractivity contribution in [3.05, 3.63) is 113 Å². The van der Waals surface area contributed by atoms with Crippen LogP contribution in [-0.4, -0.2) is 22.9 Å². The van der Waals surface area contributed by atoms with Crippen LogP contribution in [0.3, 0.4) is 0 Å². The third-order valence-electron chi connectivity index (χ3n) is 4.57. The molecular weight excluding hydrogens is 392 g/mol. The molecule has 0 aliphatic heterocycles. The second kappa shape index (κ2) is 10.5. The monoisotopic (exact) mass is 414 g/mol. The number of hydrogen-bond donors (Lipinski definition) is 3. The average Bonchev–Trinajstić information content (AvgIpc) is 2.81. The van der Waals surface area contributed by atoms with Crippen LogP contribution in [0, 0.1) is 0 Å². The number of carbonyl (C=O) groups is 3. The van der Waals surface area contributed by atoms with E-state index in [1.54, 1.807) is 36.4 Å². The first-order valence-electron chi connectivity index (χ1n) is 9.71. The molecule has 0 aromatic heterocycles. The molecule has 3 aromatic carbocycles. The molecule has 156 valence electrons. The van der Waals surface area contributed by atoms with Crippen LogP contribution in [0.1, 0.15) is 33.1 Å². The van der Waals surface area contributed by atoms with Gasteiger partial charge < -0.3 is 15.7 Å². The third-order valence-corrected chi connectivity index (χ3v) is 4.57. The van der Waals surface area contributed by atoms with Crippen LogP contribution in [0.4, 0.5) is 0 Å². The first kappa shape index (κ1) is 21.5. The molecule has 0 spiro atoms. The molecule has 31 heavy (non-hydrogen) atoms. The molecule has 0 saturated heterocycles. The zero-order valence-corrected chi connectivity index (χ0v) is 16.7. The highest BCUT2D eigenvalue weighted by Crippen LogP contribution is 2.15. The van der Waals surface area contributed by atoms with Crippen molar-refractivity contribution in [2.75, 3.05) is 0 Å². The average molecular weight is 414 g/mol. The molecular formula is C25H22N2O4. The fourth-order valence-electron chi connectivity index (χ4n) is 2.96. The minimum atomic E-state index is -1.05. The summed E-state index contributed by atoms with van der Waals surface area (Å²) in [6.45, 7) is 0.351. The quantitative estimate of drug-likeness (QED) is 0.491. The van der Waals surface area contributed by atoms with Crippen molar-refractivity contribution in [2.24, 2.45) is 0 Å². The van der Waals surface area contributed by atoms with Crippen molar-refractivity contribution in [1.82, 2.24) is 10.6 Å². The van der Waals surface area contributed by atoms with Crippen molar-refractivity contribution in [3.63, 3.8) is 0 Å². The van der Waals surface area contributed by atoms with Crippen molar-refractivity contribution in [1.29, 1.82) is 0 Å². The van der Waals surface area contributed by atoms with Gasteiger partial charge in [0.15, 0.2) is 0 Å². The van der Waals surface area contributed by atoms with E-state index < -0.39 is 17.9 Å². The van der Waals surface area contributed by atoms with Crippen LogP contribution >= 0.6 is 0 Å². The topological polar surface area (TPSA) is 95.5 Å². The van der Waals surface area contributed by atoms with E-state index in [9.17, 15) is 14.4 Å². The highest BCUT2D eigenvalue weighted by atomic mass is 16.4. The van der Waals surface area contributed by atoms with Crippen LogP contribution < -0.4 is 10.6 Å². The lowest BCUT2D eigenvalue weighted by molar-refractivity contribution is -0.131. The Kier molecular flexibility index (Phi) is 7.32. The first-order valence-corrected chi connectivity index (χ1v) is 9.71. The third kappa shape index (κ3) is 6.40. The molecule has 0 aliphatic rings. The largest absolute Gasteiger partial charge is 0.478 e. The highest BCUT2D eigenvalue weighted by molar-refractivity contribution is 5.98. The lowest BCUT2D eigenvalue weighted by Crippen LogP contribution is -2.40. The molecule has 6 heteroatoms. The molecule has 0 aliphatic carbocycles. The molecule has 3 rings (SSSR count). The summed E-state index contributed by atoms with van der Waals surface area (Å²) >= 11 is 0. The van der Waals surface area contributed by atoms with Crippen molar-refractivity contribution >= 4 is 23.9 Å². The van der Waals surface area contributed by atoms with Crippen LogP contribution in [0.15, 0.2) is 91.0 Å². The molecule has 0 heterocycles. The van der Waals surface area contributed by atoms with Gasteiger partial charge in [-0.25, -0.2) is 4.79 Å². The van der Waals surface area contributed by atoms with Crippen LogP contribution in [-0.2, 0) is 16.1 Å². The zero-order valence-electron chi connectivity index (χ0n) is 16.7. The Morgan fingerprint density at radius 2 is 1.45 bits per heavy atom.